The van der Waals surface area contributed by atoms with Crippen LogP contribution in [0.25, 0.3) is 0 Å². The summed E-state index contributed by atoms with van der Waals surface area (Å²) in [7, 11) is 0. The van der Waals surface area contributed by atoms with Crippen molar-refractivity contribution in [2.45, 2.75) is 336 Å². The highest BCUT2D eigenvalue weighted by Gasteiger charge is 2.26. The van der Waals surface area contributed by atoms with Gasteiger partial charge >= 0.3 is 0 Å². The minimum Gasteiger partial charge on any atom is -0.299 e. The monoisotopic (exact) mass is 787 g/mol. The number of carbonyl (C=O) groups excluding carboxylic acids is 1. The molecule has 0 aliphatic heterocycles. The van der Waals surface area contributed by atoms with Crippen molar-refractivity contribution in [1.82, 2.24) is 0 Å². The highest BCUT2D eigenvalue weighted by molar-refractivity contribution is 5.83. The van der Waals surface area contributed by atoms with Crippen molar-refractivity contribution in [2.75, 3.05) is 0 Å². The van der Waals surface area contributed by atoms with E-state index < -0.39 is 0 Å². The van der Waals surface area contributed by atoms with Gasteiger partial charge in [0.05, 0.1) is 0 Å². The fraction of sp³-hybridized carbons (Fsp3) is 0.982. The van der Waals surface area contributed by atoms with Gasteiger partial charge in [-0.05, 0) is 25.7 Å². The molecule has 56 heavy (non-hydrogen) atoms. The van der Waals surface area contributed by atoms with E-state index in [-0.39, 0.29) is 0 Å². The molecule has 336 valence electrons. The van der Waals surface area contributed by atoms with Crippen LogP contribution in [0.5, 0.6) is 0 Å². The topological polar surface area (TPSA) is 17.1 Å². The van der Waals surface area contributed by atoms with Crippen LogP contribution in [0, 0.1) is 11.8 Å². The molecule has 0 aromatic rings. The molecule has 0 fully saturated rings. The maximum Gasteiger partial charge on any atom is 0.139 e. The van der Waals surface area contributed by atoms with Gasteiger partial charge in [-0.15, -0.1) is 0 Å². The number of hydrogen-bond acceptors (Lipinski definition) is 1. The summed E-state index contributed by atoms with van der Waals surface area (Å²) in [5, 5.41) is 0. The van der Waals surface area contributed by atoms with Crippen LogP contribution in [0.15, 0.2) is 0 Å². The third-order valence-corrected chi connectivity index (χ3v) is 13.4. The van der Waals surface area contributed by atoms with E-state index in [2.05, 4.69) is 27.7 Å². The van der Waals surface area contributed by atoms with Gasteiger partial charge in [0.15, 0.2) is 0 Å². The van der Waals surface area contributed by atoms with Crippen molar-refractivity contribution in [2.24, 2.45) is 11.8 Å². The molecule has 0 amide bonds. The predicted molar refractivity (Wildman–Crippen MR) is 256 cm³/mol. The molecule has 0 N–H and O–H groups in total. The summed E-state index contributed by atoms with van der Waals surface area (Å²) in [6.07, 6.45) is 66.2. The molecule has 0 bridgehead atoms. The molecule has 0 atom stereocenters. The molecule has 0 rings (SSSR count). The van der Waals surface area contributed by atoms with Crippen LogP contribution in [0.2, 0.25) is 0 Å². The molecule has 0 saturated heterocycles. The van der Waals surface area contributed by atoms with Gasteiger partial charge in [0.1, 0.15) is 5.78 Å². The van der Waals surface area contributed by atoms with Gasteiger partial charge in [0.25, 0.3) is 0 Å². The first kappa shape index (κ1) is 55.7. The van der Waals surface area contributed by atoms with E-state index in [9.17, 15) is 4.79 Å². The quantitative estimate of drug-likeness (QED) is 0.0561. The molecule has 0 aromatic carbocycles. The molecule has 0 saturated carbocycles. The summed E-state index contributed by atoms with van der Waals surface area (Å²) in [6.45, 7) is 9.26. The number of unbranched alkanes of at least 4 members (excludes halogenated alkanes) is 40. The van der Waals surface area contributed by atoms with Crippen LogP contribution in [0.4, 0.5) is 0 Å². The molecular weight excluding hydrogens is 677 g/mol. The lowest BCUT2D eigenvalue weighted by Gasteiger charge is -2.23. The summed E-state index contributed by atoms with van der Waals surface area (Å²) in [4.78, 5) is 14.5. The van der Waals surface area contributed by atoms with Gasteiger partial charge < -0.3 is 0 Å². The standard InChI is InChI=1S/C55H110O/c1-5-9-13-17-21-25-29-33-37-41-45-49-53(50-46-42-38-34-30-26-22-18-14-10-6-2)55(56)54(51-47-43-39-35-31-27-23-19-15-11-7-3)52-48-44-40-36-32-28-24-20-16-12-8-4/h53-54H,5-52H2,1-4H3. The molecule has 0 radical (unpaired) electrons. The van der Waals surface area contributed by atoms with Crippen molar-refractivity contribution < 1.29 is 4.79 Å². The highest BCUT2D eigenvalue weighted by Crippen LogP contribution is 2.29. The normalized spacial score (nSPS) is 11.8. The number of hydrogen-bond donors (Lipinski definition) is 0. The van der Waals surface area contributed by atoms with E-state index in [1.165, 1.54) is 308 Å². The summed E-state index contributed by atoms with van der Waals surface area (Å²) in [5.74, 6) is 1.40. The SMILES string of the molecule is CCCCCCCCCCCCCC(CCCCCCCCCCCCC)C(=O)C(CCCCCCCCCCCCC)CCCCCCCCCCCCC. The van der Waals surface area contributed by atoms with Gasteiger partial charge in [0, 0.05) is 11.8 Å². The van der Waals surface area contributed by atoms with Gasteiger partial charge in [-0.3, -0.25) is 4.79 Å². The second kappa shape index (κ2) is 49.0. The Bertz CT molecular complexity index is 602. The molecular formula is C55H110O. The van der Waals surface area contributed by atoms with E-state index in [4.69, 9.17) is 0 Å². The fourth-order valence-corrected chi connectivity index (χ4v) is 9.41. The van der Waals surface area contributed by atoms with Crippen LogP contribution >= 0.6 is 0 Å². The third-order valence-electron chi connectivity index (χ3n) is 13.4. The molecule has 0 aliphatic rings. The smallest absolute Gasteiger partial charge is 0.139 e. The van der Waals surface area contributed by atoms with Gasteiger partial charge in [-0.2, -0.15) is 0 Å². The molecule has 0 aliphatic carbocycles. The van der Waals surface area contributed by atoms with Crippen LogP contribution < -0.4 is 0 Å². The van der Waals surface area contributed by atoms with E-state index in [0.29, 0.717) is 17.6 Å². The largest absolute Gasteiger partial charge is 0.299 e. The Morgan fingerprint density at radius 3 is 0.482 bits per heavy atom. The maximum atomic E-state index is 14.5. The summed E-state index contributed by atoms with van der Waals surface area (Å²) >= 11 is 0. The van der Waals surface area contributed by atoms with E-state index >= 15 is 0 Å². The first-order valence-corrected chi connectivity index (χ1v) is 27.2. The number of carbonyl (C=O) groups is 1. The molecule has 0 spiro atoms. The van der Waals surface area contributed by atoms with Crippen LogP contribution in [0.3, 0.4) is 0 Å². The summed E-state index contributed by atoms with van der Waals surface area (Å²) in [5.41, 5.74) is 0. The lowest BCUT2D eigenvalue weighted by atomic mass is 9.80. The highest BCUT2D eigenvalue weighted by atomic mass is 16.1. The minimum absolute atomic E-state index is 0.345. The minimum atomic E-state index is 0.345. The van der Waals surface area contributed by atoms with Crippen molar-refractivity contribution in [1.29, 1.82) is 0 Å². The first-order valence-electron chi connectivity index (χ1n) is 27.2. The zero-order valence-electron chi connectivity index (χ0n) is 40.0. The Hall–Kier alpha value is -0.330. The zero-order valence-corrected chi connectivity index (χ0v) is 40.0. The lowest BCUT2D eigenvalue weighted by Crippen LogP contribution is -2.24. The van der Waals surface area contributed by atoms with Gasteiger partial charge in [0.2, 0.25) is 0 Å². The Balaban J connectivity index is 4.94. The van der Waals surface area contributed by atoms with Crippen molar-refractivity contribution in [3.05, 3.63) is 0 Å². The van der Waals surface area contributed by atoms with Gasteiger partial charge in [-0.25, -0.2) is 0 Å². The second-order valence-electron chi connectivity index (χ2n) is 19.1. The fourth-order valence-electron chi connectivity index (χ4n) is 9.41. The molecule has 1 nitrogen and oxygen atoms in total. The van der Waals surface area contributed by atoms with Crippen molar-refractivity contribution in [3.8, 4) is 0 Å². The molecule has 0 aromatic heterocycles. The summed E-state index contributed by atoms with van der Waals surface area (Å²) < 4.78 is 0. The molecule has 1 heteroatoms. The third kappa shape index (κ3) is 41.8. The number of ketones is 1. The van der Waals surface area contributed by atoms with Crippen LogP contribution in [-0.2, 0) is 4.79 Å². The first-order chi connectivity index (χ1) is 27.7. The van der Waals surface area contributed by atoms with Crippen LogP contribution in [-0.4, -0.2) is 5.78 Å². The number of rotatable bonds is 50. The second-order valence-corrected chi connectivity index (χ2v) is 19.1. The van der Waals surface area contributed by atoms with Gasteiger partial charge in [-0.1, -0.05) is 310 Å². The average molecular weight is 787 g/mol. The Morgan fingerprint density at radius 2 is 0.339 bits per heavy atom. The zero-order chi connectivity index (χ0) is 40.7. The summed E-state index contributed by atoms with van der Waals surface area (Å²) in [6, 6.07) is 0. The van der Waals surface area contributed by atoms with Crippen molar-refractivity contribution >= 4 is 5.78 Å². The predicted octanol–water partition coefficient (Wildman–Crippen LogP) is 20.6. The Labute approximate surface area is 357 Å². The van der Waals surface area contributed by atoms with Crippen LogP contribution in [0.1, 0.15) is 336 Å². The van der Waals surface area contributed by atoms with Crippen molar-refractivity contribution in [3.63, 3.8) is 0 Å². The van der Waals surface area contributed by atoms with E-state index in [0.717, 1.165) is 0 Å². The number of Topliss-reactive ketones (excluding diaryl/α,β-unsaturated/α-hetero) is 1. The van der Waals surface area contributed by atoms with E-state index in [1.807, 2.05) is 0 Å². The Morgan fingerprint density at radius 1 is 0.214 bits per heavy atom. The van der Waals surface area contributed by atoms with E-state index in [1.54, 1.807) is 0 Å². The lowest BCUT2D eigenvalue weighted by molar-refractivity contribution is -0.128. The Kier molecular flexibility index (Phi) is 48.7. The molecule has 0 unspecified atom stereocenters. The maximum absolute atomic E-state index is 14.5. The molecule has 0 heterocycles. The average Bonchev–Trinajstić information content (AvgIpc) is 3.21.